The van der Waals surface area contributed by atoms with Gasteiger partial charge in [-0.3, -0.25) is 4.79 Å². The summed E-state index contributed by atoms with van der Waals surface area (Å²) in [6.07, 6.45) is 7.46. The van der Waals surface area contributed by atoms with Crippen molar-refractivity contribution in [2.24, 2.45) is 0 Å². The number of H-pyrrole nitrogens is 1. The smallest absolute Gasteiger partial charge is 0.247 e. The molecule has 0 saturated carbocycles. The highest BCUT2D eigenvalue weighted by molar-refractivity contribution is 5.83. The van der Waals surface area contributed by atoms with Crippen molar-refractivity contribution >= 4 is 5.52 Å². The van der Waals surface area contributed by atoms with Crippen LogP contribution in [0.2, 0.25) is 0 Å². The molecule has 0 aliphatic carbocycles. The number of pyridine rings is 2. The monoisotopic (exact) mass is 344 g/mol. The van der Waals surface area contributed by atoms with Crippen LogP contribution in [0, 0.1) is 0 Å². The van der Waals surface area contributed by atoms with Crippen LogP contribution in [0.5, 0.6) is 0 Å². The van der Waals surface area contributed by atoms with E-state index in [0.717, 1.165) is 34.3 Å². The van der Waals surface area contributed by atoms with Crippen LogP contribution in [-0.2, 0) is 6.54 Å². The van der Waals surface area contributed by atoms with Gasteiger partial charge in [-0.25, -0.2) is 4.98 Å². The third kappa shape index (κ3) is 3.17. The van der Waals surface area contributed by atoms with Crippen LogP contribution in [0.4, 0.5) is 0 Å². The lowest BCUT2D eigenvalue weighted by molar-refractivity contribution is 0.402. The van der Waals surface area contributed by atoms with Gasteiger partial charge in [0.2, 0.25) is 5.56 Å². The fraction of sp³-hybridized carbons (Fsp3) is 0.143. The van der Waals surface area contributed by atoms with E-state index in [1.807, 2.05) is 16.7 Å². The van der Waals surface area contributed by atoms with Crippen molar-refractivity contribution in [2.75, 3.05) is 14.1 Å². The summed E-state index contributed by atoms with van der Waals surface area (Å²) < 4.78 is 2.02. The zero-order valence-corrected chi connectivity index (χ0v) is 14.8. The number of hydrogen-bond acceptors (Lipinski definition) is 3. The molecule has 0 fully saturated rings. The van der Waals surface area contributed by atoms with Crippen LogP contribution in [0.15, 0.2) is 72.2 Å². The summed E-state index contributed by atoms with van der Waals surface area (Å²) >= 11 is 0. The number of benzene rings is 1. The summed E-state index contributed by atoms with van der Waals surface area (Å²) in [5, 5.41) is 0. The van der Waals surface area contributed by atoms with Crippen molar-refractivity contribution in [3.63, 3.8) is 0 Å². The molecular formula is C21H20N4O. The topological polar surface area (TPSA) is 53.4 Å². The molecule has 5 nitrogen and oxygen atoms in total. The number of nitrogens with one attached hydrogen (secondary N) is 1. The molecule has 130 valence electrons. The lowest BCUT2D eigenvalue weighted by Gasteiger charge is -2.12. The summed E-state index contributed by atoms with van der Waals surface area (Å²) in [4.78, 5) is 20.6. The van der Waals surface area contributed by atoms with Gasteiger partial charge in [0.1, 0.15) is 0 Å². The molecule has 1 aromatic carbocycles. The first-order valence-corrected chi connectivity index (χ1v) is 8.49. The molecular weight excluding hydrogens is 324 g/mol. The predicted molar refractivity (Wildman–Crippen MR) is 104 cm³/mol. The Balaban J connectivity index is 1.81. The van der Waals surface area contributed by atoms with Crippen LogP contribution in [0.3, 0.4) is 0 Å². The SMILES string of the molecule is CN(C)Cc1ccc(-c2cc(-c3ccc(=O)[nH]c3)c3cncn3c2)cc1. The zero-order chi connectivity index (χ0) is 18.1. The highest BCUT2D eigenvalue weighted by Gasteiger charge is 2.09. The van der Waals surface area contributed by atoms with E-state index in [0.29, 0.717) is 0 Å². The highest BCUT2D eigenvalue weighted by atomic mass is 16.1. The third-order valence-electron chi connectivity index (χ3n) is 4.40. The van der Waals surface area contributed by atoms with Crippen molar-refractivity contribution in [2.45, 2.75) is 6.54 Å². The largest absolute Gasteiger partial charge is 0.328 e. The Morgan fingerprint density at radius 3 is 2.50 bits per heavy atom. The quantitative estimate of drug-likeness (QED) is 0.617. The van der Waals surface area contributed by atoms with E-state index in [2.05, 4.69) is 65.5 Å². The molecule has 0 aliphatic heterocycles. The normalized spacial score (nSPS) is 11.3. The van der Waals surface area contributed by atoms with Gasteiger partial charge in [-0.15, -0.1) is 0 Å². The van der Waals surface area contributed by atoms with E-state index >= 15 is 0 Å². The molecule has 0 unspecified atom stereocenters. The molecule has 0 amide bonds. The molecule has 26 heavy (non-hydrogen) atoms. The first-order valence-electron chi connectivity index (χ1n) is 8.49. The number of nitrogens with zero attached hydrogens (tertiary/aromatic N) is 3. The van der Waals surface area contributed by atoms with Crippen LogP contribution >= 0.6 is 0 Å². The molecule has 4 rings (SSSR count). The summed E-state index contributed by atoms with van der Waals surface area (Å²) in [5.41, 5.74) is 6.43. The first-order chi connectivity index (χ1) is 12.6. The summed E-state index contributed by atoms with van der Waals surface area (Å²) in [6, 6.07) is 14.1. The minimum absolute atomic E-state index is 0.106. The van der Waals surface area contributed by atoms with Gasteiger partial charge >= 0.3 is 0 Å². The molecule has 0 atom stereocenters. The number of aromatic amines is 1. The van der Waals surface area contributed by atoms with Gasteiger partial charge in [-0.2, -0.15) is 0 Å². The van der Waals surface area contributed by atoms with Crippen LogP contribution in [0.25, 0.3) is 27.8 Å². The van der Waals surface area contributed by atoms with Crippen LogP contribution in [0.1, 0.15) is 5.56 Å². The maximum Gasteiger partial charge on any atom is 0.247 e. The maximum absolute atomic E-state index is 11.4. The van der Waals surface area contributed by atoms with Gasteiger partial charge in [-0.05, 0) is 42.9 Å². The summed E-state index contributed by atoms with van der Waals surface area (Å²) in [7, 11) is 4.13. The molecule has 0 aliphatic rings. The van der Waals surface area contributed by atoms with E-state index in [1.54, 1.807) is 18.6 Å². The highest BCUT2D eigenvalue weighted by Crippen LogP contribution is 2.29. The van der Waals surface area contributed by atoms with Gasteiger partial charge in [0.05, 0.1) is 18.0 Å². The average molecular weight is 344 g/mol. The van der Waals surface area contributed by atoms with E-state index in [4.69, 9.17) is 0 Å². The number of rotatable bonds is 4. The Hall–Kier alpha value is -3.18. The molecule has 0 bridgehead atoms. The second kappa shape index (κ2) is 6.61. The average Bonchev–Trinajstić information content (AvgIpc) is 3.10. The van der Waals surface area contributed by atoms with Crippen molar-refractivity contribution in [3.05, 3.63) is 83.3 Å². The van der Waals surface area contributed by atoms with Crippen LogP contribution in [-0.4, -0.2) is 33.4 Å². The molecule has 1 N–H and O–H groups in total. The lowest BCUT2D eigenvalue weighted by atomic mass is 10.0. The number of aromatic nitrogens is 3. The van der Waals surface area contributed by atoms with Crippen molar-refractivity contribution in [3.8, 4) is 22.3 Å². The summed E-state index contributed by atoms with van der Waals surface area (Å²) in [6.45, 7) is 0.920. The maximum atomic E-state index is 11.4. The summed E-state index contributed by atoms with van der Waals surface area (Å²) in [5.74, 6) is 0. The lowest BCUT2D eigenvalue weighted by Crippen LogP contribution is -2.10. The van der Waals surface area contributed by atoms with Gasteiger partial charge < -0.3 is 14.3 Å². The van der Waals surface area contributed by atoms with Gasteiger partial charge in [0.15, 0.2) is 0 Å². The molecule has 0 saturated heterocycles. The Morgan fingerprint density at radius 1 is 1.04 bits per heavy atom. The Kier molecular flexibility index (Phi) is 4.14. The standard InChI is InChI=1S/C21H20N4O/c1-24(2)12-15-3-5-16(6-4-15)18-9-19(17-7-8-21(26)23-10-17)20-11-22-14-25(20)13-18/h3-11,13-14H,12H2,1-2H3,(H,23,26). The van der Waals surface area contributed by atoms with E-state index in [1.165, 1.54) is 5.56 Å². The van der Waals surface area contributed by atoms with Gasteiger partial charge in [0, 0.05) is 36.1 Å². The van der Waals surface area contributed by atoms with Crippen molar-refractivity contribution in [1.82, 2.24) is 19.3 Å². The second-order valence-corrected chi connectivity index (χ2v) is 6.70. The molecule has 3 heterocycles. The number of hydrogen-bond donors (Lipinski definition) is 1. The molecule has 4 aromatic rings. The van der Waals surface area contributed by atoms with E-state index in [-0.39, 0.29) is 5.56 Å². The molecule has 3 aromatic heterocycles. The Morgan fingerprint density at radius 2 is 1.81 bits per heavy atom. The van der Waals surface area contributed by atoms with Crippen LogP contribution < -0.4 is 5.56 Å². The minimum atomic E-state index is -0.106. The van der Waals surface area contributed by atoms with E-state index in [9.17, 15) is 4.79 Å². The molecule has 0 spiro atoms. The Labute approximate surface area is 151 Å². The van der Waals surface area contributed by atoms with Crippen molar-refractivity contribution < 1.29 is 0 Å². The number of fused-ring (bicyclic) bond motifs is 1. The van der Waals surface area contributed by atoms with Gasteiger partial charge in [0.25, 0.3) is 0 Å². The fourth-order valence-electron chi connectivity index (χ4n) is 3.17. The molecule has 5 heteroatoms. The van der Waals surface area contributed by atoms with Crippen molar-refractivity contribution in [1.29, 1.82) is 0 Å². The molecule has 0 radical (unpaired) electrons. The first kappa shape index (κ1) is 16.3. The fourth-order valence-corrected chi connectivity index (χ4v) is 3.17. The minimum Gasteiger partial charge on any atom is -0.328 e. The van der Waals surface area contributed by atoms with Gasteiger partial charge in [-0.1, -0.05) is 24.3 Å². The number of imidazole rings is 1. The Bertz CT molecular complexity index is 1090. The zero-order valence-electron chi connectivity index (χ0n) is 14.8. The predicted octanol–water partition coefficient (Wildman–Crippen LogP) is 3.42. The third-order valence-corrected chi connectivity index (χ3v) is 4.40. The van der Waals surface area contributed by atoms with E-state index < -0.39 is 0 Å². The second-order valence-electron chi connectivity index (χ2n) is 6.70.